The van der Waals surface area contributed by atoms with Gasteiger partial charge in [-0.3, -0.25) is 33.6 Å². The third kappa shape index (κ3) is 13.1. The van der Waals surface area contributed by atoms with Gasteiger partial charge in [-0.2, -0.15) is 0 Å². The Labute approximate surface area is 441 Å². The van der Waals surface area contributed by atoms with Gasteiger partial charge in [0.2, 0.25) is 41.4 Å². The first kappa shape index (κ1) is 55.8. The summed E-state index contributed by atoms with van der Waals surface area (Å²) in [7, 11) is 3.05. The van der Waals surface area contributed by atoms with Crippen molar-refractivity contribution >= 4 is 63.2 Å². The van der Waals surface area contributed by atoms with E-state index >= 15 is 14.4 Å². The number of allylic oxidation sites excluding steroid dienone is 1. The second-order valence-corrected chi connectivity index (χ2v) is 22.4. The van der Waals surface area contributed by atoms with E-state index < -0.39 is 89.2 Å². The van der Waals surface area contributed by atoms with E-state index in [1.807, 2.05) is 102 Å². The highest BCUT2D eigenvalue weighted by molar-refractivity contribution is 5.99. The molecule has 17 heteroatoms. The zero-order valence-corrected chi connectivity index (χ0v) is 45.3. The van der Waals surface area contributed by atoms with Crippen LogP contribution >= 0.6 is 0 Å². The summed E-state index contributed by atoms with van der Waals surface area (Å²) >= 11 is 0. The molecular weight excluding hydrogens is 949 g/mol. The standard InChI is InChI=1S/C58H78N10O7/c1-11-58(7,8)68-33-41(42-20-14-15-21-47(42)68)31-46-56(74)66(10)49(26-35(2)3)53(71)62-45(30-39-23-24-43-40(28-39)32-59-34-60-43)51(69)61-37(6)55(73)65(9)48-22-13-12-16-25-67(57(48)75)50(27-36(4)5)54(72)63-44(52(70)64-46)29-38-18-17-19-38/h11-15,20-21,23-24,28,32-38,44-46,48-50H,1,16-19,22,25-27,29-31H2,2-10H3,(H,61,69)(H,62,71)(H,63,72)(H,64,70)/b13-12-/t37-,44-,45-,46-,48-,49-,50-/m0/s1. The molecule has 1 saturated heterocycles. The molecule has 2 aromatic heterocycles. The summed E-state index contributed by atoms with van der Waals surface area (Å²) in [6.07, 6.45) is 14.9. The molecule has 0 unspecified atom stereocenters. The fourth-order valence-electron chi connectivity index (χ4n) is 10.7. The zero-order chi connectivity index (χ0) is 54.3. The average Bonchev–Trinajstić information content (AvgIpc) is 3.74. The van der Waals surface area contributed by atoms with Crippen molar-refractivity contribution in [3.05, 3.63) is 97.1 Å². The van der Waals surface area contributed by atoms with Gasteiger partial charge in [-0.25, -0.2) is 9.97 Å². The first-order valence-electron chi connectivity index (χ1n) is 26.8. The van der Waals surface area contributed by atoms with E-state index in [2.05, 4.69) is 42.4 Å². The van der Waals surface area contributed by atoms with Crippen molar-refractivity contribution in [1.29, 1.82) is 0 Å². The maximum Gasteiger partial charge on any atom is 0.246 e. The molecule has 2 aliphatic heterocycles. The van der Waals surface area contributed by atoms with Crippen molar-refractivity contribution < 1.29 is 33.6 Å². The van der Waals surface area contributed by atoms with Crippen molar-refractivity contribution in [3.8, 4) is 0 Å². The van der Waals surface area contributed by atoms with Crippen LogP contribution in [-0.2, 0) is 51.9 Å². The molecule has 4 heterocycles. The molecular formula is C58H78N10O7. The minimum absolute atomic E-state index is 0.00344. The summed E-state index contributed by atoms with van der Waals surface area (Å²) < 4.78 is 2.09. The third-order valence-corrected chi connectivity index (χ3v) is 15.4. The summed E-state index contributed by atoms with van der Waals surface area (Å²) in [5, 5.41) is 13.6. The first-order valence-corrected chi connectivity index (χ1v) is 26.8. The molecule has 2 bridgehead atoms. The third-order valence-electron chi connectivity index (χ3n) is 15.4. The van der Waals surface area contributed by atoms with E-state index in [-0.39, 0.29) is 56.4 Å². The van der Waals surface area contributed by atoms with Crippen LogP contribution in [0.3, 0.4) is 0 Å². The van der Waals surface area contributed by atoms with Crippen LogP contribution < -0.4 is 21.3 Å². The van der Waals surface area contributed by atoms with Crippen LogP contribution in [0.5, 0.6) is 0 Å². The maximum absolute atomic E-state index is 15.5. The average molecular weight is 1030 g/mol. The Hall–Kier alpha value is -6.91. The molecule has 0 spiro atoms. The van der Waals surface area contributed by atoms with Gasteiger partial charge in [0.05, 0.1) is 11.1 Å². The van der Waals surface area contributed by atoms with Gasteiger partial charge < -0.3 is 40.5 Å². The van der Waals surface area contributed by atoms with Crippen molar-refractivity contribution in [2.45, 2.75) is 161 Å². The van der Waals surface area contributed by atoms with E-state index in [1.54, 1.807) is 12.3 Å². The molecule has 7 amide bonds. The largest absolute Gasteiger partial charge is 0.343 e. The van der Waals surface area contributed by atoms with Crippen LogP contribution in [0.1, 0.15) is 111 Å². The van der Waals surface area contributed by atoms with Crippen LogP contribution in [0.2, 0.25) is 0 Å². The Morgan fingerprint density at radius 2 is 1.43 bits per heavy atom. The number of nitrogens with zero attached hydrogens (tertiary/aromatic N) is 6. The Balaban J connectivity index is 1.35. The molecule has 402 valence electrons. The molecule has 2 fully saturated rings. The number of carbonyl (C=O) groups excluding carboxylic acids is 7. The molecule has 0 radical (unpaired) electrons. The van der Waals surface area contributed by atoms with Crippen LogP contribution in [0.15, 0.2) is 86.0 Å². The summed E-state index contributed by atoms with van der Waals surface area (Å²) in [5.74, 6) is -3.90. The maximum atomic E-state index is 15.5. The number of aromatic nitrogens is 3. The Morgan fingerprint density at radius 3 is 2.12 bits per heavy atom. The van der Waals surface area contributed by atoms with Gasteiger partial charge in [0.25, 0.3) is 0 Å². The van der Waals surface area contributed by atoms with E-state index in [1.165, 1.54) is 42.0 Å². The highest BCUT2D eigenvalue weighted by atomic mass is 16.2. The van der Waals surface area contributed by atoms with Gasteiger partial charge in [-0.15, -0.1) is 6.58 Å². The minimum atomic E-state index is -1.25. The van der Waals surface area contributed by atoms with E-state index in [9.17, 15) is 19.2 Å². The van der Waals surface area contributed by atoms with E-state index in [0.717, 1.165) is 41.1 Å². The Bertz CT molecular complexity index is 2800. The van der Waals surface area contributed by atoms with Crippen LogP contribution in [0.25, 0.3) is 21.8 Å². The van der Waals surface area contributed by atoms with Crippen LogP contribution in [0.4, 0.5) is 0 Å². The van der Waals surface area contributed by atoms with E-state index in [0.29, 0.717) is 23.9 Å². The number of fused-ring (bicyclic) bond motifs is 4. The predicted octanol–water partition coefficient (Wildman–Crippen LogP) is 5.75. The Morgan fingerprint density at radius 1 is 0.760 bits per heavy atom. The summed E-state index contributed by atoms with van der Waals surface area (Å²) in [4.78, 5) is 117. The second kappa shape index (κ2) is 24.2. The normalized spacial score (nSPS) is 25.0. The molecule has 4 aromatic rings. The van der Waals surface area contributed by atoms with Gasteiger partial charge in [-0.1, -0.05) is 89.5 Å². The lowest BCUT2D eigenvalue weighted by molar-refractivity contribution is -0.150. The molecule has 7 atom stereocenters. The lowest BCUT2D eigenvalue weighted by Crippen LogP contribution is -2.61. The molecule has 1 aliphatic carbocycles. The molecule has 75 heavy (non-hydrogen) atoms. The van der Waals surface area contributed by atoms with Crippen LogP contribution in [-0.4, -0.2) is 134 Å². The molecule has 17 nitrogen and oxygen atoms in total. The van der Waals surface area contributed by atoms with Crippen LogP contribution in [0, 0.1) is 17.8 Å². The van der Waals surface area contributed by atoms with Gasteiger partial charge in [0, 0.05) is 62.2 Å². The van der Waals surface area contributed by atoms with Crippen molar-refractivity contribution in [3.63, 3.8) is 0 Å². The molecule has 1 saturated carbocycles. The number of nitrogens with one attached hydrogen (secondary N) is 4. The van der Waals surface area contributed by atoms with Gasteiger partial charge in [0.1, 0.15) is 48.6 Å². The van der Waals surface area contributed by atoms with Crippen molar-refractivity contribution in [2.24, 2.45) is 17.8 Å². The highest BCUT2D eigenvalue weighted by Crippen LogP contribution is 2.32. The fourth-order valence-corrected chi connectivity index (χ4v) is 10.7. The van der Waals surface area contributed by atoms with Gasteiger partial charge >= 0.3 is 0 Å². The monoisotopic (exact) mass is 1030 g/mol. The number of carbonyl (C=O) groups is 7. The topological polar surface area (TPSA) is 208 Å². The SMILES string of the molecule is C=CC(C)(C)n1cc(C[C@@H]2NC(=O)[C@H](CC3CCC3)NC(=O)[C@H](CC(C)C)N3CC/C=C\C[C@@H](C3=O)N(C)C(=O)[C@H](C)NC(=O)[C@H](Cc3ccc4ncncc4c3)NC(=O)[C@H](CC(C)C)N(C)C2=O)c2ccccc21. The lowest BCUT2D eigenvalue weighted by Gasteiger charge is -2.39. The Kier molecular flexibility index (Phi) is 18.0. The van der Waals surface area contributed by atoms with Crippen molar-refractivity contribution in [1.82, 2.24) is 50.5 Å². The number of rotatable bonds is 12. The fraction of sp³-hybridized carbons (Fsp3) is 0.534. The first-order chi connectivity index (χ1) is 35.7. The summed E-state index contributed by atoms with van der Waals surface area (Å²) in [6.45, 7) is 17.7. The molecule has 4 N–H and O–H groups in total. The highest BCUT2D eigenvalue weighted by Gasteiger charge is 2.42. The molecule has 7 rings (SSSR count). The number of benzene rings is 2. The number of amides is 7. The van der Waals surface area contributed by atoms with E-state index in [4.69, 9.17) is 0 Å². The second-order valence-electron chi connectivity index (χ2n) is 22.4. The zero-order valence-electron chi connectivity index (χ0n) is 45.3. The van der Waals surface area contributed by atoms with Gasteiger partial charge in [0.15, 0.2) is 0 Å². The number of hydrogen-bond donors (Lipinski definition) is 4. The minimum Gasteiger partial charge on any atom is -0.343 e. The number of hydrogen-bond acceptors (Lipinski definition) is 9. The lowest BCUT2D eigenvalue weighted by atomic mass is 9.80. The van der Waals surface area contributed by atoms with Gasteiger partial charge in [-0.05, 0) is 100.0 Å². The smallest absolute Gasteiger partial charge is 0.246 e. The number of para-hydroxylation sites is 1. The van der Waals surface area contributed by atoms with Crippen molar-refractivity contribution in [2.75, 3.05) is 20.6 Å². The summed E-state index contributed by atoms with van der Waals surface area (Å²) in [6, 6.07) is 5.40. The summed E-state index contributed by atoms with van der Waals surface area (Å²) in [5.41, 5.74) is 2.50. The predicted molar refractivity (Wildman–Crippen MR) is 290 cm³/mol. The molecule has 2 aromatic carbocycles. The number of likely N-dealkylation sites (N-methyl/N-ethyl adjacent to an activating group) is 2. The quantitative estimate of drug-likeness (QED) is 0.127. The molecule has 3 aliphatic rings.